The molecule has 1 N–H and O–H groups in total. The Hall–Kier alpha value is -0.890. The van der Waals surface area contributed by atoms with E-state index < -0.39 is 0 Å². The smallest absolute Gasteiger partial charge is 0.159 e. The van der Waals surface area contributed by atoms with Gasteiger partial charge in [-0.3, -0.25) is 4.79 Å². The van der Waals surface area contributed by atoms with Gasteiger partial charge in [0.1, 0.15) is 0 Å². The standard InChI is InChI=1S/C18H24O2/c1-18-9-8-14-13-5-3-12(19)10-11(13)2-4-15(14)16(18)6-7-17(18)20/h2-3,5,13-17,20H,4,6-10H2,1H3/t13-,14+,15+,16-,17+,18-/m0/s1. The average Bonchev–Trinajstić information content (AvgIpc) is 2.74. The summed E-state index contributed by atoms with van der Waals surface area (Å²) in [6, 6.07) is 0. The van der Waals surface area contributed by atoms with Gasteiger partial charge in [0.15, 0.2) is 5.78 Å². The SMILES string of the molecule is C[C@]12CC[C@H]3[C@@H](CC=C4CC(=O)C=C[C@@H]43)[C@@H]1CC[C@H]2O. The minimum atomic E-state index is -0.0951. The summed E-state index contributed by atoms with van der Waals surface area (Å²) in [6.45, 7) is 2.31. The zero-order chi connectivity index (χ0) is 13.9. The van der Waals surface area contributed by atoms with Crippen molar-refractivity contribution in [3.8, 4) is 0 Å². The number of carbonyl (C=O) groups is 1. The second kappa shape index (κ2) is 4.30. The van der Waals surface area contributed by atoms with Crippen LogP contribution in [0, 0.1) is 29.1 Å². The Morgan fingerprint density at radius 2 is 2.10 bits per heavy atom. The molecule has 0 amide bonds. The van der Waals surface area contributed by atoms with Crippen LogP contribution in [0.4, 0.5) is 0 Å². The van der Waals surface area contributed by atoms with Crippen molar-refractivity contribution < 1.29 is 9.90 Å². The van der Waals surface area contributed by atoms with Gasteiger partial charge in [-0.1, -0.05) is 24.6 Å². The summed E-state index contributed by atoms with van der Waals surface area (Å²) in [6.07, 6.45) is 12.6. The van der Waals surface area contributed by atoms with Gasteiger partial charge in [0.05, 0.1) is 6.10 Å². The highest BCUT2D eigenvalue weighted by Crippen LogP contribution is 2.60. The maximum absolute atomic E-state index is 11.6. The van der Waals surface area contributed by atoms with E-state index >= 15 is 0 Å². The molecule has 0 heterocycles. The summed E-state index contributed by atoms with van der Waals surface area (Å²) in [4.78, 5) is 11.6. The Kier molecular flexibility index (Phi) is 2.76. The van der Waals surface area contributed by atoms with Crippen LogP contribution < -0.4 is 0 Å². The van der Waals surface area contributed by atoms with Crippen LogP contribution in [-0.4, -0.2) is 17.0 Å². The first-order chi connectivity index (χ1) is 9.59. The van der Waals surface area contributed by atoms with E-state index in [1.54, 1.807) is 0 Å². The second-order valence-corrected chi connectivity index (χ2v) is 7.61. The van der Waals surface area contributed by atoms with E-state index in [2.05, 4.69) is 19.1 Å². The van der Waals surface area contributed by atoms with Gasteiger partial charge >= 0.3 is 0 Å². The molecule has 0 spiro atoms. The molecule has 4 aliphatic carbocycles. The van der Waals surface area contributed by atoms with Crippen LogP contribution in [0.5, 0.6) is 0 Å². The number of carbonyl (C=O) groups excluding carboxylic acids is 1. The molecule has 4 rings (SSSR count). The molecular weight excluding hydrogens is 248 g/mol. The highest BCUT2D eigenvalue weighted by molar-refractivity contribution is 5.93. The molecule has 20 heavy (non-hydrogen) atoms. The lowest BCUT2D eigenvalue weighted by Gasteiger charge is -2.51. The number of hydrogen-bond donors (Lipinski definition) is 1. The quantitative estimate of drug-likeness (QED) is 0.687. The van der Waals surface area contributed by atoms with Gasteiger partial charge in [-0.15, -0.1) is 0 Å². The molecule has 0 aromatic heterocycles. The van der Waals surface area contributed by atoms with Crippen LogP contribution in [0.15, 0.2) is 23.8 Å². The molecule has 2 saturated carbocycles. The van der Waals surface area contributed by atoms with Crippen LogP contribution in [-0.2, 0) is 4.79 Å². The second-order valence-electron chi connectivity index (χ2n) is 7.61. The lowest BCUT2D eigenvalue weighted by molar-refractivity contribution is -0.114. The fourth-order valence-electron chi connectivity index (χ4n) is 5.70. The molecule has 0 unspecified atom stereocenters. The molecule has 2 fully saturated rings. The van der Waals surface area contributed by atoms with Crippen molar-refractivity contribution in [2.24, 2.45) is 29.1 Å². The zero-order valence-corrected chi connectivity index (χ0v) is 12.2. The van der Waals surface area contributed by atoms with E-state index in [1.165, 1.54) is 18.4 Å². The highest BCUT2D eigenvalue weighted by atomic mass is 16.3. The van der Waals surface area contributed by atoms with E-state index in [0.29, 0.717) is 24.2 Å². The van der Waals surface area contributed by atoms with Crippen molar-refractivity contribution in [1.82, 2.24) is 0 Å². The number of allylic oxidation sites excluding steroid dienone is 4. The third-order valence-corrected chi connectivity index (χ3v) is 6.85. The molecular formula is C18H24O2. The van der Waals surface area contributed by atoms with E-state index in [1.807, 2.05) is 6.08 Å². The molecule has 2 nitrogen and oxygen atoms in total. The van der Waals surface area contributed by atoms with Crippen LogP contribution >= 0.6 is 0 Å². The van der Waals surface area contributed by atoms with Gasteiger partial charge in [0.25, 0.3) is 0 Å². The van der Waals surface area contributed by atoms with Crippen molar-refractivity contribution in [1.29, 1.82) is 0 Å². The predicted octanol–water partition coefficient (Wildman–Crippen LogP) is 3.27. The first-order valence-electron chi connectivity index (χ1n) is 8.17. The van der Waals surface area contributed by atoms with Gasteiger partial charge in [-0.05, 0) is 61.3 Å². The van der Waals surface area contributed by atoms with E-state index in [0.717, 1.165) is 25.2 Å². The minimum absolute atomic E-state index is 0.0951. The number of hydrogen-bond acceptors (Lipinski definition) is 2. The average molecular weight is 272 g/mol. The van der Waals surface area contributed by atoms with Crippen LogP contribution in [0.1, 0.15) is 45.4 Å². The zero-order valence-electron chi connectivity index (χ0n) is 12.2. The monoisotopic (exact) mass is 272 g/mol. The number of fused-ring (bicyclic) bond motifs is 5. The number of ketones is 1. The molecule has 0 aliphatic heterocycles. The largest absolute Gasteiger partial charge is 0.393 e. The van der Waals surface area contributed by atoms with Crippen molar-refractivity contribution >= 4 is 5.78 Å². The van der Waals surface area contributed by atoms with E-state index in [-0.39, 0.29) is 17.3 Å². The molecule has 0 radical (unpaired) electrons. The molecule has 0 bridgehead atoms. The molecule has 0 aromatic carbocycles. The number of aliphatic hydroxyl groups excluding tert-OH is 1. The molecule has 0 aromatic rings. The fraction of sp³-hybridized carbons (Fsp3) is 0.722. The fourth-order valence-corrected chi connectivity index (χ4v) is 5.70. The summed E-state index contributed by atoms with van der Waals surface area (Å²) in [5, 5.41) is 10.4. The minimum Gasteiger partial charge on any atom is -0.393 e. The number of aliphatic hydroxyl groups is 1. The highest BCUT2D eigenvalue weighted by Gasteiger charge is 2.55. The Morgan fingerprint density at radius 3 is 2.95 bits per heavy atom. The van der Waals surface area contributed by atoms with Crippen LogP contribution in [0.3, 0.4) is 0 Å². The number of rotatable bonds is 0. The van der Waals surface area contributed by atoms with Gasteiger partial charge in [0, 0.05) is 12.3 Å². The summed E-state index contributed by atoms with van der Waals surface area (Å²) >= 11 is 0. The van der Waals surface area contributed by atoms with Crippen molar-refractivity contribution in [3.05, 3.63) is 23.8 Å². The van der Waals surface area contributed by atoms with E-state index in [4.69, 9.17) is 0 Å². The molecule has 0 saturated heterocycles. The summed E-state index contributed by atoms with van der Waals surface area (Å²) in [7, 11) is 0. The normalized spacial score (nSPS) is 50.2. The lowest BCUT2D eigenvalue weighted by atomic mass is 9.53. The van der Waals surface area contributed by atoms with Gasteiger partial charge in [0.2, 0.25) is 0 Å². The Balaban J connectivity index is 1.67. The van der Waals surface area contributed by atoms with Crippen molar-refractivity contribution in [2.45, 2.75) is 51.6 Å². The topological polar surface area (TPSA) is 37.3 Å². The summed E-state index contributed by atoms with van der Waals surface area (Å²) < 4.78 is 0. The van der Waals surface area contributed by atoms with Crippen molar-refractivity contribution in [2.75, 3.05) is 0 Å². The molecule has 2 heteroatoms. The Bertz CT molecular complexity index is 504. The first kappa shape index (κ1) is 12.8. The summed E-state index contributed by atoms with van der Waals surface area (Å²) in [5.41, 5.74) is 1.53. The Morgan fingerprint density at radius 1 is 1.25 bits per heavy atom. The van der Waals surface area contributed by atoms with Gasteiger partial charge in [-0.25, -0.2) is 0 Å². The maximum Gasteiger partial charge on any atom is 0.159 e. The van der Waals surface area contributed by atoms with Crippen molar-refractivity contribution in [3.63, 3.8) is 0 Å². The first-order valence-corrected chi connectivity index (χ1v) is 8.17. The third kappa shape index (κ3) is 1.64. The maximum atomic E-state index is 11.6. The third-order valence-electron chi connectivity index (χ3n) is 6.85. The Labute approximate surface area is 120 Å². The van der Waals surface area contributed by atoms with Crippen LogP contribution in [0.2, 0.25) is 0 Å². The predicted molar refractivity (Wildman–Crippen MR) is 78.0 cm³/mol. The molecule has 108 valence electrons. The lowest BCUT2D eigenvalue weighted by Crippen LogP contribution is -2.46. The van der Waals surface area contributed by atoms with E-state index in [9.17, 15) is 9.90 Å². The summed E-state index contributed by atoms with van der Waals surface area (Å²) in [5.74, 6) is 2.89. The molecule has 4 aliphatic rings. The van der Waals surface area contributed by atoms with Crippen LogP contribution in [0.25, 0.3) is 0 Å². The molecule has 6 atom stereocenters. The van der Waals surface area contributed by atoms with Gasteiger partial charge < -0.3 is 5.11 Å². The van der Waals surface area contributed by atoms with Gasteiger partial charge in [-0.2, -0.15) is 0 Å².